The van der Waals surface area contributed by atoms with Crippen LogP contribution in [0.25, 0.3) is 0 Å². The summed E-state index contributed by atoms with van der Waals surface area (Å²) in [7, 11) is 2.25. The first-order valence-corrected chi connectivity index (χ1v) is 6.75. The highest BCUT2D eigenvalue weighted by molar-refractivity contribution is 5.57. The zero-order chi connectivity index (χ0) is 12.5. The Hall–Kier alpha value is -1.53. The molecule has 94 valence electrons. The molecule has 2 aliphatic heterocycles. The van der Waals surface area contributed by atoms with Crippen molar-refractivity contribution in [2.24, 2.45) is 0 Å². The van der Waals surface area contributed by atoms with Gasteiger partial charge in [0.2, 0.25) is 0 Å². The van der Waals surface area contributed by atoms with Gasteiger partial charge in [0.05, 0.1) is 11.3 Å². The second-order valence-corrected chi connectivity index (χ2v) is 5.52. The molecule has 0 spiro atoms. The van der Waals surface area contributed by atoms with Crippen LogP contribution in [0.5, 0.6) is 0 Å². The Kier molecular flexibility index (Phi) is 2.97. The summed E-state index contributed by atoms with van der Waals surface area (Å²) < 4.78 is 0. The number of hydrogen-bond donors (Lipinski definition) is 1. The number of para-hydroxylation sites is 1. The maximum absolute atomic E-state index is 9.11. The number of anilines is 1. The highest BCUT2D eigenvalue weighted by Crippen LogP contribution is 2.35. The average molecular weight is 241 g/mol. The maximum Gasteiger partial charge on any atom is 0.101 e. The summed E-state index contributed by atoms with van der Waals surface area (Å²) in [4.78, 5) is 2.54. The van der Waals surface area contributed by atoms with Gasteiger partial charge < -0.3 is 10.2 Å². The fourth-order valence-electron chi connectivity index (χ4n) is 3.46. The molecule has 2 unspecified atom stereocenters. The van der Waals surface area contributed by atoms with E-state index < -0.39 is 0 Å². The first-order chi connectivity index (χ1) is 8.78. The summed E-state index contributed by atoms with van der Waals surface area (Å²) in [5, 5.41) is 12.7. The molecular weight excluding hydrogens is 222 g/mol. The van der Waals surface area contributed by atoms with Gasteiger partial charge in [-0.15, -0.1) is 0 Å². The van der Waals surface area contributed by atoms with Gasteiger partial charge in [0.15, 0.2) is 0 Å². The normalized spacial score (nSPS) is 31.0. The van der Waals surface area contributed by atoms with Crippen LogP contribution in [0, 0.1) is 11.3 Å². The molecule has 0 radical (unpaired) electrons. The van der Waals surface area contributed by atoms with E-state index in [1.807, 2.05) is 24.3 Å². The second-order valence-electron chi connectivity index (χ2n) is 5.52. The van der Waals surface area contributed by atoms with Gasteiger partial charge in [0.25, 0.3) is 0 Å². The minimum atomic E-state index is 0.521. The minimum Gasteiger partial charge on any atom is -0.381 e. The number of nitrogens with one attached hydrogen (secondary N) is 1. The van der Waals surface area contributed by atoms with Gasteiger partial charge >= 0.3 is 0 Å². The van der Waals surface area contributed by atoms with Crippen molar-refractivity contribution in [1.82, 2.24) is 4.90 Å². The number of nitrogens with zero attached hydrogens (tertiary/aromatic N) is 2. The van der Waals surface area contributed by atoms with Gasteiger partial charge in [-0.1, -0.05) is 12.1 Å². The molecule has 3 rings (SSSR count). The van der Waals surface area contributed by atoms with Gasteiger partial charge in [-0.3, -0.25) is 0 Å². The first kappa shape index (κ1) is 11.6. The van der Waals surface area contributed by atoms with Gasteiger partial charge in [0.1, 0.15) is 6.07 Å². The topological polar surface area (TPSA) is 39.1 Å². The molecular formula is C15H19N3. The molecule has 3 nitrogen and oxygen atoms in total. The van der Waals surface area contributed by atoms with Crippen LogP contribution >= 0.6 is 0 Å². The predicted molar refractivity (Wildman–Crippen MR) is 72.4 cm³/mol. The summed E-state index contributed by atoms with van der Waals surface area (Å²) >= 11 is 0. The van der Waals surface area contributed by atoms with Crippen molar-refractivity contribution in [1.29, 1.82) is 5.26 Å². The van der Waals surface area contributed by atoms with E-state index in [2.05, 4.69) is 23.3 Å². The van der Waals surface area contributed by atoms with Gasteiger partial charge in [-0.2, -0.15) is 5.26 Å². The third-order valence-corrected chi connectivity index (χ3v) is 4.51. The number of rotatable bonds is 2. The molecule has 18 heavy (non-hydrogen) atoms. The van der Waals surface area contributed by atoms with Crippen LogP contribution in [0.15, 0.2) is 24.3 Å². The first-order valence-electron chi connectivity index (χ1n) is 6.75. The molecule has 2 saturated heterocycles. The van der Waals surface area contributed by atoms with Crippen molar-refractivity contribution in [2.45, 2.75) is 43.8 Å². The van der Waals surface area contributed by atoms with Crippen LogP contribution in [0.2, 0.25) is 0 Å². The summed E-state index contributed by atoms with van der Waals surface area (Å²) in [5.74, 6) is 0. The molecule has 2 atom stereocenters. The lowest BCUT2D eigenvalue weighted by molar-refractivity contribution is 0.169. The van der Waals surface area contributed by atoms with E-state index in [9.17, 15) is 0 Å². The largest absolute Gasteiger partial charge is 0.381 e. The molecule has 2 bridgehead atoms. The van der Waals surface area contributed by atoms with Crippen LogP contribution < -0.4 is 5.32 Å². The molecule has 2 aliphatic rings. The molecule has 1 N–H and O–H groups in total. The number of nitriles is 1. The Morgan fingerprint density at radius 2 is 1.89 bits per heavy atom. The van der Waals surface area contributed by atoms with Gasteiger partial charge in [-0.25, -0.2) is 0 Å². The molecule has 0 aromatic heterocycles. The van der Waals surface area contributed by atoms with Crippen molar-refractivity contribution in [2.75, 3.05) is 12.4 Å². The number of fused-ring (bicyclic) bond motifs is 2. The zero-order valence-electron chi connectivity index (χ0n) is 10.8. The summed E-state index contributed by atoms with van der Waals surface area (Å²) in [5.41, 5.74) is 1.75. The SMILES string of the molecule is CN1C2CCC1CC(Nc1ccccc1C#N)C2. The third kappa shape index (κ3) is 1.97. The molecule has 2 heterocycles. The summed E-state index contributed by atoms with van der Waals surface area (Å²) in [6.07, 6.45) is 5.07. The van der Waals surface area contributed by atoms with Gasteiger partial charge in [0, 0.05) is 18.1 Å². The standard InChI is InChI=1S/C15H19N3/c1-18-13-6-7-14(18)9-12(8-13)17-15-5-3-2-4-11(15)10-16/h2-5,12-14,17H,6-9H2,1H3. The van der Waals surface area contributed by atoms with E-state index >= 15 is 0 Å². The van der Waals surface area contributed by atoms with E-state index in [-0.39, 0.29) is 0 Å². The Balaban J connectivity index is 1.73. The zero-order valence-corrected chi connectivity index (χ0v) is 10.8. The van der Waals surface area contributed by atoms with Crippen LogP contribution in [0.1, 0.15) is 31.2 Å². The highest BCUT2D eigenvalue weighted by atomic mass is 15.2. The average Bonchev–Trinajstić information content (AvgIpc) is 2.63. The molecule has 1 aromatic rings. The lowest BCUT2D eigenvalue weighted by Crippen LogP contribution is -2.44. The molecule has 0 aliphatic carbocycles. The van der Waals surface area contributed by atoms with Crippen LogP contribution in [-0.4, -0.2) is 30.1 Å². The smallest absolute Gasteiger partial charge is 0.101 e. The fraction of sp³-hybridized carbons (Fsp3) is 0.533. The predicted octanol–water partition coefficient (Wildman–Crippen LogP) is 2.60. The van der Waals surface area contributed by atoms with Crippen molar-refractivity contribution in [3.63, 3.8) is 0 Å². The van der Waals surface area contributed by atoms with E-state index in [1.54, 1.807) is 0 Å². The quantitative estimate of drug-likeness (QED) is 0.865. The van der Waals surface area contributed by atoms with Crippen molar-refractivity contribution in [3.8, 4) is 6.07 Å². The fourth-order valence-corrected chi connectivity index (χ4v) is 3.46. The van der Waals surface area contributed by atoms with Crippen molar-refractivity contribution < 1.29 is 0 Å². The van der Waals surface area contributed by atoms with Crippen LogP contribution in [-0.2, 0) is 0 Å². The molecule has 2 fully saturated rings. The molecule has 1 aromatic carbocycles. The molecule has 0 saturated carbocycles. The van der Waals surface area contributed by atoms with Crippen molar-refractivity contribution >= 4 is 5.69 Å². The van der Waals surface area contributed by atoms with E-state index in [0.717, 1.165) is 23.3 Å². The Labute approximate surface area is 108 Å². The Morgan fingerprint density at radius 1 is 1.22 bits per heavy atom. The lowest BCUT2D eigenvalue weighted by Gasteiger charge is -2.37. The van der Waals surface area contributed by atoms with Crippen molar-refractivity contribution in [3.05, 3.63) is 29.8 Å². The van der Waals surface area contributed by atoms with Crippen LogP contribution in [0.4, 0.5) is 5.69 Å². The minimum absolute atomic E-state index is 0.521. The van der Waals surface area contributed by atoms with E-state index in [1.165, 1.54) is 25.7 Å². The maximum atomic E-state index is 9.11. The van der Waals surface area contributed by atoms with E-state index in [4.69, 9.17) is 5.26 Å². The second kappa shape index (κ2) is 4.62. The number of hydrogen-bond acceptors (Lipinski definition) is 3. The third-order valence-electron chi connectivity index (χ3n) is 4.51. The van der Waals surface area contributed by atoms with Gasteiger partial charge in [-0.05, 0) is 44.9 Å². The lowest BCUT2D eigenvalue weighted by atomic mass is 9.97. The van der Waals surface area contributed by atoms with E-state index in [0.29, 0.717) is 6.04 Å². The number of piperidine rings is 1. The molecule has 3 heteroatoms. The summed E-state index contributed by atoms with van der Waals surface area (Å²) in [6, 6.07) is 12.0. The monoisotopic (exact) mass is 241 g/mol. The Bertz CT molecular complexity index is 463. The van der Waals surface area contributed by atoms with Crippen LogP contribution in [0.3, 0.4) is 0 Å². The number of benzene rings is 1. The molecule has 0 amide bonds. The Morgan fingerprint density at radius 3 is 2.56 bits per heavy atom. The summed E-state index contributed by atoms with van der Waals surface area (Å²) in [6.45, 7) is 0. The highest BCUT2D eigenvalue weighted by Gasteiger charge is 2.38.